The average molecular weight is 326 g/mol. The van der Waals surface area contributed by atoms with Crippen LogP contribution in [0.5, 0.6) is 5.75 Å². The Balaban J connectivity index is 2.35. The van der Waals surface area contributed by atoms with Gasteiger partial charge < -0.3 is 4.74 Å². The van der Waals surface area contributed by atoms with E-state index < -0.39 is 10.0 Å². The molecule has 21 heavy (non-hydrogen) atoms. The van der Waals surface area contributed by atoms with Gasteiger partial charge in [-0.15, -0.1) is 0 Å². The van der Waals surface area contributed by atoms with E-state index in [4.69, 9.17) is 16.3 Å². The lowest BCUT2D eigenvalue weighted by atomic mass is 10.2. The molecule has 2 aromatic carbocycles. The van der Waals surface area contributed by atoms with E-state index in [0.29, 0.717) is 22.0 Å². The van der Waals surface area contributed by atoms with Gasteiger partial charge in [0.2, 0.25) is 0 Å². The molecule has 2 aromatic rings. The van der Waals surface area contributed by atoms with Gasteiger partial charge in [0, 0.05) is 0 Å². The van der Waals surface area contributed by atoms with Gasteiger partial charge in [-0.3, -0.25) is 4.72 Å². The van der Waals surface area contributed by atoms with E-state index in [1.807, 2.05) is 13.0 Å². The summed E-state index contributed by atoms with van der Waals surface area (Å²) in [5, 5.41) is 0.346. The fourth-order valence-corrected chi connectivity index (χ4v) is 3.58. The van der Waals surface area contributed by atoms with E-state index in [1.165, 1.54) is 13.2 Å². The normalized spacial score (nSPS) is 11.2. The lowest BCUT2D eigenvalue weighted by Gasteiger charge is -2.12. The van der Waals surface area contributed by atoms with Crippen LogP contribution in [0.4, 0.5) is 5.69 Å². The SMILES string of the molecule is COc1ccc(NS(=O)(=O)c2ccc(C)cc2C)cc1Cl. The predicted molar refractivity (Wildman–Crippen MR) is 84.7 cm³/mol. The summed E-state index contributed by atoms with van der Waals surface area (Å²) in [5.41, 5.74) is 2.10. The summed E-state index contributed by atoms with van der Waals surface area (Å²) >= 11 is 6.00. The molecule has 0 aliphatic heterocycles. The van der Waals surface area contributed by atoms with Gasteiger partial charge >= 0.3 is 0 Å². The van der Waals surface area contributed by atoms with Crippen LogP contribution in [0.15, 0.2) is 41.3 Å². The minimum Gasteiger partial charge on any atom is -0.495 e. The number of hydrogen-bond donors (Lipinski definition) is 1. The summed E-state index contributed by atoms with van der Waals surface area (Å²) in [6, 6.07) is 9.92. The van der Waals surface area contributed by atoms with Crippen molar-refractivity contribution in [2.75, 3.05) is 11.8 Å². The number of sulfonamides is 1. The topological polar surface area (TPSA) is 55.4 Å². The van der Waals surface area contributed by atoms with Crippen LogP contribution in [0.3, 0.4) is 0 Å². The van der Waals surface area contributed by atoms with E-state index in [9.17, 15) is 8.42 Å². The van der Waals surface area contributed by atoms with Crippen molar-refractivity contribution in [1.29, 1.82) is 0 Å². The van der Waals surface area contributed by atoms with E-state index in [0.717, 1.165) is 5.56 Å². The lowest BCUT2D eigenvalue weighted by Crippen LogP contribution is -2.14. The first-order valence-corrected chi connectivity index (χ1v) is 8.13. The molecular formula is C15H16ClNO3S. The zero-order chi connectivity index (χ0) is 15.6. The van der Waals surface area contributed by atoms with Gasteiger partial charge in [0.25, 0.3) is 10.0 Å². The monoisotopic (exact) mass is 325 g/mol. The number of anilines is 1. The highest BCUT2D eigenvalue weighted by atomic mass is 35.5. The van der Waals surface area contributed by atoms with E-state index in [2.05, 4.69) is 4.72 Å². The second kappa shape index (κ2) is 5.95. The fraction of sp³-hybridized carbons (Fsp3) is 0.200. The summed E-state index contributed by atoms with van der Waals surface area (Å²) in [6.07, 6.45) is 0. The number of methoxy groups -OCH3 is 1. The van der Waals surface area contributed by atoms with Crippen LogP contribution in [-0.2, 0) is 10.0 Å². The van der Waals surface area contributed by atoms with E-state index in [1.54, 1.807) is 31.2 Å². The van der Waals surface area contributed by atoms with Crippen LogP contribution in [0.1, 0.15) is 11.1 Å². The molecular weight excluding hydrogens is 310 g/mol. The number of halogens is 1. The van der Waals surface area contributed by atoms with Crippen molar-refractivity contribution in [3.8, 4) is 5.75 Å². The summed E-state index contributed by atoms with van der Waals surface area (Å²) in [5.74, 6) is 0.492. The second-order valence-electron chi connectivity index (χ2n) is 4.72. The molecule has 0 bridgehead atoms. The molecule has 0 heterocycles. The van der Waals surface area contributed by atoms with Crippen LogP contribution in [0, 0.1) is 13.8 Å². The molecule has 0 saturated heterocycles. The van der Waals surface area contributed by atoms with Crippen LogP contribution < -0.4 is 9.46 Å². The van der Waals surface area contributed by atoms with Gasteiger partial charge in [-0.25, -0.2) is 8.42 Å². The Morgan fingerprint density at radius 2 is 1.81 bits per heavy atom. The molecule has 2 rings (SSSR count). The van der Waals surface area contributed by atoms with Gasteiger partial charge in [0.1, 0.15) is 5.75 Å². The van der Waals surface area contributed by atoms with Gasteiger partial charge in [-0.1, -0.05) is 29.3 Å². The largest absolute Gasteiger partial charge is 0.495 e. The molecule has 0 radical (unpaired) electrons. The maximum Gasteiger partial charge on any atom is 0.262 e. The first-order valence-electron chi connectivity index (χ1n) is 6.27. The van der Waals surface area contributed by atoms with E-state index >= 15 is 0 Å². The van der Waals surface area contributed by atoms with Crippen molar-refractivity contribution in [1.82, 2.24) is 0 Å². The number of ether oxygens (including phenoxy) is 1. The van der Waals surface area contributed by atoms with Gasteiger partial charge in [0.15, 0.2) is 0 Å². The Bertz CT molecular complexity index is 772. The van der Waals surface area contributed by atoms with Crippen molar-refractivity contribution < 1.29 is 13.2 Å². The number of aryl methyl sites for hydroxylation is 2. The van der Waals surface area contributed by atoms with Gasteiger partial charge in [-0.2, -0.15) is 0 Å². The maximum absolute atomic E-state index is 12.4. The molecule has 112 valence electrons. The van der Waals surface area contributed by atoms with Crippen molar-refractivity contribution in [3.05, 3.63) is 52.5 Å². The van der Waals surface area contributed by atoms with Crippen LogP contribution in [0.25, 0.3) is 0 Å². The minimum absolute atomic E-state index is 0.250. The number of benzene rings is 2. The number of nitrogens with one attached hydrogen (secondary N) is 1. The van der Waals surface area contributed by atoms with E-state index in [-0.39, 0.29) is 4.90 Å². The number of rotatable bonds is 4. The van der Waals surface area contributed by atoms with Crippen molar-refractivity contribution in [3.63, 3.8) is 0 Å². The quantitative estimate of drug-likeness (QED) is 0.931. The standard InChI is InChI=1S/C15H16ClNO3S/c1-10-4-7-15(11(2)8-10)21(18,19)17-12-5-6-14(20-3)13(16)9-12/h4-9,17H,1-3H3. The smallest absolute Gasteiger partial charge is 0.262 e. The number of hydrogen-bond acceptors (Lipinski definition) is 3. The Morgan fingerprint density at radius 1 is 1.10 bits per heavy atom. The molecule has 1 N–H and O–H groups in total. The molecule has 0 unspecified atom stereocenters. The third-order valence-electron chi connectivity index (χ3n) is 3.02. The van der Waals surface area contributed by atoms with Crippen LogP contribution in [-0.4, -0.2) is 15.5 Å². The molecule has 6 heteroatoms. The molecule has 0 atom stereocenters. The molecule has 0 spiro atoms. The molecule has 4 nitrogen and oxygen atoms in total. The van der Waals surface area contributed by atoms with Crippen molar-refractivity contribution >= 4 is 27.3 Å². The molecule has 0 aliphatic rings. The lowest BCUT2D eigenvalue weighted by molar-refractivity contribution is 0.415. The third kappa shape index (κ3) is 3.49. The third-order valence-corrected chi connectivity index (χ3v) is 4.86. The highest BCUT2D eigenvalue weighted by Gasteiger charge is 2.17. The Morgan fingerprint density at radius 3 is 2.38 bits per heavy atom. The summed E-state index contributed by atoms with van der Waals surface area (Å²) < 4.78 is 32.4. The van der Waals surface area contributed by atoms with Gasteiger partial charge in [0.05, 0.1) is 22.7 Å². The summed E-state index contributed by atoms with van der Waals surface area (Å²) in [7, 11) is -2.15. The highest BCUT2D eigenvalue weighted by Crippen LogP contribution is 2.28. The minimum atomic E-state index is -3.65. The molecule has 0 aliphatic carbocycles. The molecule has 0 saturated carbocycles. The first-order chi connectivity index (χ1) is 9.83. The summed E-state index contributed by atoms with van der Waals surface area (Å²) in [6.45, 7) is 3.68. The van der Waals surface area contributed by atoms with Crippen molar-refractivity contribution in [2.45, 2.75) is 18.7 Å². The fourth-order valence-electron chi connectivity index (χ4n) is 2.04. The van der Waals surface area contributed by atoms with Gasteiger partial charge in [-0.05, 0) is 43.7 Å². The molecule has 0 fully saturated rings. The maximum atomic E-state index is 12.4. The van der Waals surface area contributed by atoms with Crippen molar-refractivity contribution in [2.24, 2.45) is 0 Å². The molecule has 0 amide bonds. The first kappa shape index (κ1) is 15.7. The Hall–Kier alpha value is -1.72. The summed E-state index contributed by atoms with van der Waals surface area (Å²) in [4.78, 5) is 0.250. The zero-order valence-corrected chi connectivity index (χ0v) is 13.5. The highest BCUT2D eigenvalue weighted by molar-refractivity contribution is 7.92. The molecule has 0 aromatic heterocycles. The average Bonchev–Trinajstić information content (AvgIpc) is 2.37. The second-order valence-corrected chi connectivity index (χ2v) is 6.78. The Kier molecular flexibility index (Phi) is 4.44. The van der Waals surface area contributed by atoms with Crippen LogP contribution >= 0.6 is 11.6 Å². The van der Waals surface area contributed by atoms with Crippen LogP contribution in [0.2, 0.25) is 5.02 Å². The zero-order valence-electron chi connectivity index (χ0n) is 12.0. The predicted octanol–water partition coefficient (Wildman–Crippen LogP) is 3.77. The Labute approximate surface area is 129 Å².